The van der Waals surface area contributed by atoms with Crippen LogP contribution in [0.2, 0.25) is 0 Å². The van der Waals surface area contributed by atoms with E-state index in [-0.39, 0.29) is 31.0 Å². The second-order valence-electron chi connectivity index (χ2n) is 4.55. The minimum Gasteiger partial charge on any atom is -0.394 e. The van der Waals surface area contributed by atoms with Crippen LogP contribution in [0.5, 0.6) is 0 Å². The number of carbonyl (C=O) groups excluding carboxylic acids is 1. The first-order valence-corrected chi connectivity index (χ1v) is 7.55. The fraction of sp³-hybridized carbons (Fsp3) is 0.900. The maximum absolute atomic E-state index is 11.8. The van der Waals surface area contributed by atoms with Gasteiger partial charge in [0, 0.05) is 19.1 Å². The average Bonchev–Trinajstić information content (AvgIpc) is 2.28. The zero-order valence-electron chi connectivity index (χ0n) is 10.2. The number of sulfonamides is 1. The molecule has 0 aromatic rings. The summed E-state index contributed by atoms with van der Waals surface area (Å²) >= 11 is 0. The maximum atomic E-state index is 11.8. The van der Waals surface area contributed by atoms with Crippen LogP contribution in [0.1, 0.15) is 19.8 Å². The highest BCUT2D eigenvalue weighted by Crippen LogP contribution is 2.18. The largest absolute Gasteiger partial charge is 0.394 e. The third-order valence-corrected chi connectivity index (χ3v) is 4.16. The number of aliphatic hydroxyl groups excluding tert-OH is 1. The Hall–Kier alpha value is -0.660. The average molecular weight is 264 g/mol. The van der Waals surface area contributed by atoms with Crippen molar-refractivity contribution in [3.63, 3.8) is 0 Å². The number of piperidine rings is 1. The summed E-state index contributed by atoms with van der Waals surface area (Å²) in [6.45, 7) is 2.31. The van der Waals surface area contributed by atoms with Crippen LogP contribution in [-0.4, -0.2) is 55.7 Å². The first-order valence-electron chi connectivity index (χ1n) is 5.71. The molecule has 1 unspecified atom stereocenters. The molecule has 1 amide bonds. The van der Waals surface area contributed by atoms with Crippen LogP contribution in [0.3, 0.4) is 0 Å². The minimum absolute atomic E-state index is 0.117. The van der Waals surface area contributed by atoms with Crippen LogP contribution in [-0.2, 0) is 14.8 Å². The zero-order chi connectivity index (χ0) is 13.1. The lowest BCUT2D eigenvalue weighted by Gasteiger charge is -2.30. The van der Waals surface area contributed by atoms with Gasteiger partial charge in [-0.25, -0.2) is 12.7 Å². The molecule has 0 aromatic carbocycles. The van der Waals surface area contributed by atoms with Gasteiger partial charge >= 0.3 is 0 Å². The van der Waals surface area contributed by atoms with Gasteiger partial charge in [0.1, 0.15) is 0 Å². The van der Waals surface area contributed by atoms with Gasteiger partial charge in [-0.3, -0.25) is 4.79 Å². The Morgan fingerprint density at radius 2 is 2.24 bits per heavy atom. The van der Waals surface area contributed by atoms with Crippen molar-refractivity contribution in [2.45, 2.75) is 25.8 Å². The molecule has 0 aromatic heterocycles. The molecule has 7 heteroatoms. The molecule has 0 radical (unpaired) electrons. The summed E-state index contributed by atoms with van der Waals surface area (Å²) in [4.78, 5) is 11.8. The fourth-order valence-corrected chi connectivity index (χ4v) is 2.78. The van der Waals surface area contributed by atoms with E-state index in [1.54, 1.807) is 6.92 Å². The molecule has 1 saturated heterocycles. The molecule has 1 rings (SSSR count). The highest BCUT2D eigenvalue weighted by Gasteiger charge is 2.30. The zero-order valence-corrected chi connectivity index (χ0v) is 11.0. The molecule has 2 N–H and O–H groups in total. The molecule has 0 spiro atoms. The van der Waals surface area contributed by atoms with E-state index >= 15 is 0 Å². The van der Waals surface area contributed by atoms with Crippen LogP contribution in [0.25, 0.3) is 0 Å². The molecule has 1 aliphatic heterocycles. The molecule has 17 heavy (non-hydrogen) atoms. The Morgan fingerprint density at radius 1 is 1.59 bits per heavy atom. The summed E-state index contributed by atoms with van der Waals surface area (Å²) in [6, 6.07) is -0.295. The van der Waals surface area contributed by atoms with Crippen LogP contribution in [0.4, 0.5) is 0 Å². The summed E-state index contributed by atoms with van der Waals surface area (Å²) in [5, 5.41) is 11.5. The van der Waals surface area contributed by atoms with Crippen molar-refractivity contribution in [1.82, 2.24) is 9.62 Å². The SMILES string of the molecule is C[C@@H](CO)NC(=O)C1CCCN(S(C)(=O)=O)C1. The molecule has 2 atom stereocenters. The molecule has 0 aliphatic carbocycles. The lowest BCUT2D eigenvalue weighted by atomic mass is 9.98. The highest BCUT2D eigenvalue weighted by molar-refractivity contribution is 7.88. The number of aliphatic hydroxyl groups is 1. The van der Waals surface area contributed by atoms with E-state index in [0.29, 0.717) is 19.4 Å². The summed E-state index contributed by atoms with van der Waals surface area (Å²) in [5.74, 6) is -0.493. The molecule has 100 valence electrons. The Labute approximate surface area is 102 Å². The highest BCUT2D eigenvalue weighted by atomic mass is 32.2. The second-order valence-corrected chi connectivity index (χ2v) is 6.53. The molecular weight excluding hydrogens is 244 g/mol. The van der Waals surface area contributed by atoms with Crippen molar-refractivity contribution in [3.8, 4) is 0 Å². The van der Waals surface area contributed by atoms with Crippen molar-refractivity contribution in [1.29, 1.82) is 0 Å². The maximum Gasteiger partial charge on any atom is 0.224 e. The van der Waals surface area contributed by atoms with Gasteiger partial charge in [0.05, 0.1) is 18.8 Å². The molecule has 1 heterocycles. The molecule has 6 nitrogen and oxygen atoms in total. The first kappa shape index (κ1) is 14.4. The van der Waals surface area contributed by atoms with Crippen molar-refractivity contribution >= 4 is 15.9 Å². The number of amides is 1. The monoisotopic (exact) mass is 264 g/mol. The number of nitrogens with zero attached hydrogens (tertiary/aromatic N) is 1. The van der Waals surface area contributed by atoms with E-state index in [2.05, 4.69) is 5.32 Å². The quantitative estimate of drug-likeness (QED) is 0.693. The molecule has 1 fully saturated rings. The van der Waals surface area contributed by atoms with Crippen molar-refractivity contribution in [2.24, 2.45) is 5.92 Å². The topological polar surface area (TPSA) is 86.7 Å². The van der Waals surface area contributed by atoms with E-state index in [9.17, 15) is 13.2 Å². The fourth-order valence-electron chi connectivity index (χ4n) is 1.86. The normalized spacial score (nSPS) is 24.3. The van der Waals surface area contributed by atoms with Gasteiger partial charge < -0.3 is 10.4 Å². The van der Waals surface area contributed by atoms with Crippen LogP contribution in [0, 0.1) is 5.92 Å². The van der Waals surface area contributed by atoms with Gasteiger partial charge in [-0.1, -0.05) is 0 Å². The molecular formula is C10H20N2O4S. The third-order valence-electron chi connectivity index (χ3n) is 2.89. The van der Waals surface area contributed by atoms with Gasteiger partial charge in [0.2, 0.25) is 15.9 Å². The van der Waals surface area contributed by atoms with E-state index < -0.39 is 10.0 Å². The van der Waals surface area contributed by atoms with E-state index in [0.717, 1.165) is 6.26 Å². The number of rotatable bonds is 4. The third kappa shape index (κ3) is 4.25. The molecule has 1 aliphatic rings. The van der Waals surface area contributed by atoms with Crippen molar-refractivity contribution in [2.75, 3.05) is 26.0 Å². The van der Waals surface area contributed by atoms with Crippen molar-refractivity contribution in [3.05, 3.63) is 0 Å². The predicted molar refractivity (Wildman–Crippen MR) is 63.8 cm³/mol. The number of hydrogen-bond acceptors (Lipinski definition) is 4. The van der Waals surface area contributed by atoms with Gasteiger partial charge in [-0.15, -0.1) is 0 Å². The standard InChI is InChI=1S/C10H20N2O4S/c1-8(7-13)11-10(14)9-4-3-5-12(6-9)17(2,15)16/h8-9,13H,3-7H2,1-2H3,(H,11,14)/t8-,9?/m0/s1. The van der Waals surface area contributed by atoms with Gasteiger partial charge in [0.15, 0.2) is 0 Å². The van der Waals surface area contributed by atoms with Crippen LogP contribution in [0.15, 0.2) is 0 Å². The smallest absolute Gasteiger partial charge is 0.224 e. The van der Waals surface area contributed by atoms with E-state index in [1.165, 1.54) is 4.31 Å². The summed E-state index contributed by atoms with van der Waals surface area (Å²) in [5.41, 5.74) is 0. The lowest BCUT2D eigenvalue weighted by molar-refractivity contribution is -0.126. The Balaban J connectivity index is 2.58. The summed E-state index contributed by atoms with van der Waals surface area (Å²) < 4.78 is 24.1. The molecule has 0 saturated carbocycles. The van der Waals surface area contributed by atoms with E-state index in [4.69, 9.17) is 5.11 Å². The van der Waals surface area contributed by atoms with E-state index in [1.807, 2.05) is 0 Å². The van der Waals surface area contributed by atoms with Crippen LogP contribution >= 0.6 is 0 Å². The predicted octanol–water partition coefficient (Wildman–Crippen LogP) is -0.845. The van der Waals surface area contributed by atoms with Crippen LogP contribution < -0.4 is 5.32 Å². The van der Waals surface area contributed by atoms with Gasteiger partial charge in [-0.2, -0.15) is 0 Å². The van der Waals surface area contributed by atoms with Crippen molar-refractivity contribution < 1.29 is 18.3 Å². The Kier molecular flexibility index (Phi) is 4.91. The summed E-state index contributed by atoms with van der Waals surface area (Å²) in [7, 11) is -3.22. The summed E-state index contributed by atoms with van der Waals surface area (Å²) in [6.07, 6.45) is 2.54. The number of carbonyl (C=O) groups is 1. The number of nitrogens with one attached hydrogen (secondary N) is 1. The van der Waals surface area contributed by atoms with Gasteiger partial charge in [-0.05, 0) is 19.8 Å². The van der Waals surface area contributed by atoms with Gasteiger partial charge in [0.25, 0.3) is 0 Å². The lowest BCUT2D eigenvalue weighted by Crippen LogP contribution is -2.47. The Morgan fingerprint density at radius 3 is 2.76 bits per heavy atom. The second kappa shape index (κ2) is 5.79. The molecule has 0 bridgehead atoms. The first-order chi connectivity index (χ1) is 7.84. The Bertz CT molecular complexity index is 369. The number of hydrogen-bond donors (Lipinski definition) is 2. The minimum atomic E-state index is -3.22.